The second-order valence-corrected chi connectivity index (χ2v) is 6.18. The van der Waals surface area contributed by atoms with Gasteiger partial charge in [-0.15, -0.1) is 0 Å². The fraction of sp³-hybridized carbons (Fsp3) is 0.647. The van der Waals surface area contributed by atoms with Gasteiger partial charge in [-0.25, -0.2) is 0 Å². The summed E-state index contributed by atoms with van der Waals surface area (Å²) >= 11 is 0. The van der Waals surface area contributed by atoms with Crippen molar-refractivity contribution in [2.45, 2.75) is 51.6 Å². The Balaban J connectivity index is 1.71. The van der Waals surface area contributed by atoms with Gasteiger partial charge in [0.15, 0.2) is 0 Å². The maximum Gasteiger partial charge on any atom is 0.122 e. The van der Waals surface area contributed by atoms with Gasteiger partial charge in [0.2, 0.25) is 0 Å². The lowest BCUT2D eigenvalue weighted by Crippen LogP contribution is -2.29. The molecule has 1 aromatic rings. The van der Waals surface area contributed by atoms with Crippen molar-refractivity contribution in [3.05, 3.63) is 29.3 Å². The van der Waals surface area contributed by atoms with Gasteiger partial charge in [-0.05, 0) is 76.1 Å². The third kappa shape index (κ3) is 3.30. The lowest BCUT2D eigenvalue weighted by Gasteiger charge is -2.29. The van der Waals surface area contributed by atoms with E-state index in [1.165, 1.54) is 62.7 Å². The molecular weight excluding hydrogens is 234 g/mol. The first-order chi connectivity index (χ1) is 9.31. The maximum absolute atomic E-state index is 6.16. The molecule has 1 saturated carbocycles. The average molecular weight is 259 g/mol. The molecule has 0 amide bonds. The molecule has 19 heavy (non-hydrogen) atoms. The van der Waals surface area contributed by atoms with Gasteiger partial charge in [0, 0.05) is 0 Å². The van der Waals surface area contributed by atoms with Gasteiger partial charge in [0.25, 0.3) is 0 Å². The van der Waals surface area contributed by atoms with Crippen molar-refractivity contribution in [1.82, 2.24) is 5.32 Å². The Kier molecular flexibility index (Phi) is 4.07. The number of ether oxygens (including phenoxy) is 1. The van der Waals surface area contributed by atoms with E-state index in [0.717, 1.165) is 11.7 Å². The molecule has 0 unspecified atom stereocenters. The molecule has 2 fully saturated rings. The summed E-state index contributed by atoms with van der Waals surface area (Å²) in [6.45, 7) is 4.53. The molecule has 1 aromatic carbocycles. The Hall–Kier alpha value is -1.02. The molecule has 1 aliphatic carbocycles. The van der Waals surface area contributed by atoms with Crippen molar-refractivity contribution in [3.63, 3.8) is 0 Å². The summed E-state index contributed by atoms with van der Waals surface area (Å²) in [5.74, 6) is 1.97. The highest BCUT2D eigenvalue weighted by Gasteiger charge is 2.21. The summed E-state index contributed by atoms with van der Waals surface area (Å²) in [6.07, 6.45) is 8.08. The number of hydrogen-bond donors (Lipinski definition) is 1. The van der Waals surface area contributed by atoms with Gasteiger partial charge < -0.3 is 10.1 Å². The molecule has 104 valence electrons. The number of aryl methyl sites for hydroxylation is 1. The van der Waals surface area contributed by atoms with Gasteiger partial charge in [-0.3, -0.25) is 0 Å². The number of nitrogens with one attached hydrogen (secondary N) is 1. The summed E-state index contributed by atoms with van der Waals surface area (Å²) in [4.78, 5) is 0. The Bertz CT molecular complexity index is 419. The molecule has 0 bridgehead atoms. The SMILES string of the molecule is Cc1ccc(OC2CCC2)c(CC2CCNCC2)c1. The van der Waals surface area contributed by atoms with Crippen molar-refractivity contribution in [1.29, 1.82) is 0 Å². The zero-order valence-electron chi connectivity index (χ0n) is 12.0. The van der Waals surface area contributed by atoms with E-state index in [9.17, 15) is 0 Å². The van der Waals surface area contributed by atoms with Crippen LogP contribution in [0.15, 0.2) is 18.2 Å². The third-order valence-corrected chi connectivity index (χ3v) is 4.53. The van der Waals surface area contributed by atoms with Crippen LogP contribution < -0.4 is 10.1 Å². The smallest absolute Gasteiger partial charge is 0.122 e. The molecule has 1 saturated heterocycles. The van der Waals surface area contributed by atoms with Crippen molar-refractivity contribution in [2.75, 3.05) is 13.1 Å². The molecule has 0 spiro atoms. The van der Waals surface area contributed by atoms with Crippen LogP contribution in [0.1, 0.15) is 43.2 Å². The fourth-order valence-electron chi connectivity index (χ4n) is 3.05. The molecule has 0 aromatic heterocycles. The van der Waals surface area contributed by atoms with Crippen molar-refractivity contribution >= 4 is 0 Å². The highest BCUT2D eigenvalue weighted by atomic mass is 16.5. The molecule has 1 heterocycles. The first-order valence-electron chi connectivity index (χ1n) is 7.78. The van der Waals surface area contributed by atoms with Gasteiger partial charge in [-0.2, -0.15) is 0 Å². The third-order valence-electron chi connectivity index (χ3n) is 4.53. The summed E-state index contributed by atoms with van der Waals surface area (Å²) in [7, 11) is 0. The van der Waals surface area contributed by atoms with Gasteiger partial charge in [0.05, 0.1) is 6.10 Å². The molecule has 3 rings (SSSR count). The number of rotatable bonds is 4. The second-order valence-electron chi connectivity index (χ2n) is 6.18. The van der Waals surface area contributed by atoms with Crippen LogP contribution in [-0.2, 0) is 6.42 Å². The van der Waals surface area contributed by atoms with E-state index < -0.39 is 0 Å². The molecule has 1 aliphatic heterocycles. The summed E-state index contributed by atoms with van der Waals surface area (Å²) in [5.41, 5.74) is 2.78. The van der Waals surface area contributed by atoms with Gasteiger partial charge in [0.1, 0.15) is 5.75 Å². The predicted octanol–water partition coefficient (Wildman–Crippen LogP) is 3.47. The molecule has 0 atom stereocenters. The highest BCUT2D eigenvalue weighted by molar-refractivity contribution is 5.37. The van der Waals surface area contributed by atoms with E-state index in [2.05, 4.69) is 30.4 Å². The van der Waals surface area contributed by atoms with Gasteiger partial charge in [-0.1, -0.05) is 17.7 Å². The van der Waals surface area contributed by atoms with E-state index in [4.69, 9.17) is 4.74 Å². The van der Waals surface area contributed by atoms with Crippen molar-refractivity contribution < 1.29 is 4.74 Å². The number of piperidine rings is 1. The van der Waals surface area contributed by atoms with Crippen LogP contribution in [0.5, 0.6) is 5.75 Å². The van der Waals surface area contributed by atoms with E-state index in [0.29, 0.717) is 6.10 Å². The number of benzene rings is 1. The van der Waals surface area contributed by atoms with Gasteiger partial charge >= 0.3 is 0 Å². The predicted molar refractivity (Wildman–Crippen MR) is 78.7 cm³/mol. The second kappa shape index (κ2) is 5.96. The Morgan fingerprint density at radius 3 is 2.63 bits per heavy atom. The van der Waals surface area contributed by atoms with E-state index >= 15 is 0 Å². The van der Waals surface area contributed by atoms with Crippen LogP contribution in [0, 0.1) is 12.8 Å². The minimum atomic E-state index is 0.481. The van der Waals surface area contributed by atoms with Crippen molar-refractivity contribution in [3.8, 4) is 5.75 Å². The van der Waals surface area contributed by atoms with E-state index in [1.54, 1.807) is 0 Å². The molecule has 2 heteroatoms. The first-order valence-corrected chi connectivity index (χ1v) is 7.78. The standard InChI is InChI=1S/C17H25NO/c1-13-5-6-17(19-16-3-2-4-16)15(11-13)12-14-7-9-18-10-8-14/h5-6,11,14,16,18H,2-4,7-10,12H2,1H3. The summed E-state index contributed by atoms with van der Waals surface area (Å²) in [5, 5.41) is 3.45. The van der Waals surface area contributed by atoms with Crippen LogP contribution in [0.2, 0.25) is 0 Å². The van der Waals surface area contributed by atoms with Crippen LogP contribution in [0.25, 0.3) is 0 Å². The molecule has 2 aliphatic rings. The van der Waals surface area contributed by atoms with E-state index in [1.807, 2.05) is 0 Å². The van der Waals surface area contributed by atoms with Crippen LogP contribution in [0.4, 0.5) is 0 Å². The topological polar surface area (TPSA) is 21.3 Å². The molecule has 0 radical (unpaired) electrons. The Morgan fingerprint density at radius 2 is 1.95 bits per heavy atom. The molecule has 1 N–H and O–H groups in total. The first kappa shape index (κ1) is 13.0. The van der Waals surface area contributed by atoms with E-state index in [-0.39, 0.29) is 0 Å². The summed E-state index contributed by atoms with van der Waals surface area (Å²) < 4.78 is 6.16. The van der Waals surface area contributed by atoms with Crippen molar-refractivity contribution in [2.24, 2.45) is 5.92 Å². The normalized spacial score (nSPS) is 21.1. The lowest BCUT2D eigenvalue weighted by molar-refractivity contribution is 0.118. The molecule has 2 nitrogen and oxygen atoms in total. The Labute approximate surface area is 116 Å². The Morgan fingerprint density at radius 1 is 1.16 bits per heavy atom. The monoisotopic (exact) mass is 259 g/mol. The lowest BCUT2D eigenvalue weighted by atomic mass is 9.90. The minimum Gasteiger partial charge on any atom is -0.490 e. The zero-order valence-corrected chi connectivity index (χ0v) is 12.0. The number of hydrogen-bond acceptors (Lipinski definition) is 2. The fourth-order valence-corrected chi connectivity index (χ4v) is 3.05. The molecular formula is C17H25NO. The maximum atomic E-state index is 6.16. The zero-order chi connectivity index (χ0) is 13.1. The highest BCUT2D eigenvalue weighted by Crippen LogP contribution is 2.31. The summed E-state index contributed by atoms with van der Waals surface area (Å²) in [6, 6.07) is 6.69. The van der Waals surface area contributed by atoms with Crippen LogP contribution in [-0.4, -0.2) is 19.2 Å². The van der Waals surface area contributed by atoms with Crippen LogP contribution in [0.3, 0.4) is 0 Å². The quantitative estimate of drug-likeness (QED) is 0.894. The largest absolute Gasteiger partial charge is 0.490 e. The minimum absolute atomic E-state index is 0.481. The van der Waals surface area contributed by atoms with Crippen LogP contribution >= 0.6 is 0 Å². The average Bonchev–Trinajstić information content (AvgIpc) is 2.37.